The number of alkyl halides is 5. The van der Waals surface area contributed by atoms with Crippen LogP contribution in [-0.4, -0.2) is 127 Å². The van der Waals surface area contributed by atoms with Gasteiger partial charge in [0.15, 0.2) is 0 Å². The highest BCUT2D eigenvalue weighted by Crippen LogP contribution is 2.56. The Morgan fingerprint density at radius 1 is 0.381 bits per heavy atom. The SMILES string of the molecule is CCCOc1cccc2c(O)cc3c(c12)[C@H](CCl)CN3C(C)(C)C.CC[C@@H](Cl)[C@@H]1CN(C(C)(C)C)c2cc(O)c3cccc(C)c3c21.CC[C@@H](Cl)[C@@H]1CN(C(C)(C)C)c2cc(O)c3ccccc3c21.COc1cccc2c(O)cc3c(c12)[C@H]([C@@H](C)Cl)CN3C(C)(C)C.C[C@@H](Cl)[C@@H]1CN(C(C)(C)C)c2cc(O)c3ccccc3c21. The number of methoxy groups -OCH3 is 1. The fourth-order valence-electron chi connectivity index (χ4n) is 18.0. The van der Waals surface area contributed by atoms with Crippen LogP contribution in [0.3, 0.4) is 0 Å². The zero-order chi connectivity index (χ0) is 82.8. The van der Waals surface area contributed by atoms with Crippen molar-refractivity contribution in [3.63, 3.8) is 0 Å². The molecule has 0 fully saturated rings. The van der Waals surface area contributed by atoms with Crippen LogP contribution < -0.4 is 34.0 Å². The second kappa shape index (κ2) is 33.6. The minimum atomic E-state index is -0.0442. The number of anilines is 5. The van der Waals surface area contributed by atoms with E-state index in [4.69, 9.17) is 67.5 Å². The number of fused-ring (bicyclic) bond motifs is 15. The first kappa shape index (κ1) is 86.4. The van der Waals surface area contributed by atoms with Gasteiger partial charge in [-0.15, -0.1) is 58.0 Å². The van der Waals surface area contributed by atoms with Gasteiger partial charge < -0.3 is 59.5 Å². The second-order valence-corrected chi connectivity index (χ2v) is 39.3. The molecule has 0 aliphatic carbocycles. The van der Waals surface area contributed by atoms with Crippen LogP contribution >= 0.6 is 58.0 Å². The summed E-state index contributed by atoms with van der Waals surface area (Å²) < 4.78 is 11.6. The number of rotatable bonds is 11. The monoisotopic (exact) mass is 1630 g/mol. The van der Waals surface area contributed by atoms with E-state index in [-0.39, 0.29) is 72.7 Å². The highest BCUT2D eigenvalue weighted by atomic mass is 35.5. The second-order valence-electron chi connectivity index (χ2n) is 36.5. The molecule has 5 N–H and O–H groups in total. The first-order valence-corrected chi connectivity index (χ1v) is 42.8. The van der Waals surface area contributed by atoms with Crippen molar-refractivity contribution in [2.24, 2.45) is 0 Å². The quantitative estimate of drug-likeness (QED) is 0.0789. The van der Waals surface area contributed by atoms with Crippen molar-refractivity contribution in [2.45, 2.75) is 243 Å². The molecule has 5 aliphatic heterocycles. The number of phenols is 5. The van der Waals surface area contributed by atoms with Crippen LogP contribution in [-0.2, 0) is 0 Å². The van der Waals surface area contributed by atoms with Gasteiger partial charge in [-0.1, -0.05) is 112 Å². The molecule has 0 spiro atoms. The molecule has 10 aromatic rings. The fourth-order valence-corrected chi connectivity index (χ4v) is 19.1. The highest BCUT2D eigenvalue weighted by Gasteiger charge is 2.45. The summed E-state index contributed by atoms with van der Waals surface area (Å²) in [7, 11) is 1.67. The van der Waals surface area contributed by atoms with Crippen molar-refractivity contribution in [3.8, 4) is 40.2 Å². The Morgan fingerprint density at radius 3 is 1.06 bits per heavy atom. The topological polar surface area (TPSA) is 136 Å². The molecule has 0 bridgehead atoms. The van der Waals surface area contributed by atoms with Gasteiger partial charge in [0.25, 0.3) is 0 Å². The van der Waals surface area contributed by atoms with Crippen molar-refractivity contribution >= 4 is 140 Å². The van der Waals surface area contributed by atoms with E-state index >= 15 is 0 Å². The Bertz CT molecular complexity index is 5100. The van der Waals surface area contributed by atoms with Crippen LogP contribution in [0, 0.1) is 6.92 Å². The van der Waals surface area contributed by atoms with Crippen LogP contribution in [0.25, 0.3) is 53.9 Å². The van der Waals surface area contributed by atoms with E-state index in [1.165, 1.54) is 38.8 Å². The molecular weight excluding hydrogens is 1510 g/mol. The standard InChI is InChI=1S/C20H26ClNO2.C20H26ClNO.C19H24ClNO2.C19H24ClNO.C18H22ClNO/c1-5-9-24-17-8-6-7-14-16(23)10-15-18(19(14)17)13(11-21)12-22(15)20(2,3)4;1-6-15(21)14-11-22(20(3,4)5)16-10-17(23)13-9-7-8-12(2)18(13)19(14)16;1-11(20)13-10-21(19(2,3)4)14-9-15(22)12-7-6-8-16(23-5)18(12)17(13)14;1-5-15(20)14-11-21(19(2,3)4)16-10-17(22)12-8-6-7-9-13(12)18(14)16;1-11(19)14-10-20(18(2,3)4)15-9-16(21)12-7-5-6-8-13(12)17(14)15/h6-8,10,13,23H,5,9,11-12H2,1-4H3;7-10,14-15,23H,6,11H2,1-5H3;6-9,11,13,22H,10H2,1-5H3;6-10,14-15,22H,5,11H2,1-4H3;5-9,11,14,21H,10H2,1-4H3/t13-;14-,15+;11-,13+;14-,15+;11-,14+/m10101/s1. The molecule has 0 radical (unpaired) electrons. The van der Waals surface area contributed by atoms with E-state index in [9.17, 15) is 25.5 Å². The molecule has 5 heterocycles. The molecule has 0 aromatic heterocycles. The van der Waals surface area contributed by atoms with Crippen LogP contribution in [0.2, 0.25) is 0 Å². The summed E-state index contributed by atoms with van der Waals surface area (Å²) >= 11 is 32.7. The Kier molecular flexibility index (Phi) is 25.7. The first-order chi connectivity index (χ1) is 53.0. The predicted octanol–water partition coefficient (Wildman–Crippen LogP) is 25.9. The maximum Gasteiger partial charge on any atom is 0.127 e. The molecule has 12 nitrogen and oxygen atoms in total. The van der Waals surface area contributed by atoms with Gasteiger partial charge in [0, 0.05) is 214 Å². The normalized spacial score (nSPS) is 19.0. The van der Waals surface area contributed by atoms with Crippen molar-refractivity contribution in [2.75, 3.05) is 76.8 Å². The van der Waals surface area contributed by atoms with Crippen LogP contribution in [0.15, 0.2) is 133 Å². The molecule has 15 rings (SSSR count). The van der Waals surface area contributed by atoms with Gasteiger partial charge in [0.2, 0.25) is 0 Å². The summed E-state index contributed by atoms with van der Waals surface area (Å²) in [6.45, 7) is 50.7. The number of hydrogen-bond acceptors (Lipinski definition) is 12. The summed E-state index contributed by atoms with van der Waals surface area (Å²) in [5, 5.41) is 62.7. The lowest BCUT2D eigenvalue weighted by Crippen LogP contribution is -2.41. The van der Waals surface area contributed by atoms with Gasteiger partial charge in [0.1, 0.15) is 40.2 Å². The number of halogens is 5. The van der Waals surface area contributed by atoms with E-state index in [1.807, 2.05) is 122 Å². The van der Waals surface area contributed by atoms with E-state index < -0.39 is 0 Å². The maximum absolute atomic E-state index is 10.6. The lowest BCUT2D eigenvalue weighted by molar-refractivity contribution is 0.321. The highest BCUT2D eigenvalue weighted by molar-refractivity contribution is 6.23. The number of nitrogens with zero attached hydrogens (tertiary/aromatic N) is 5. The maximum atomic E-state index is 10.6. The Morgan fingerprint density at radius 2 is 0.681 bits per heavy atom. The number of phenolic OH excluding ortho intramolecular Hbond substituents is 5. The minimum Gasteiger partial charge on any atom is -0.507 e. The van der Waals surface area contributed by atoms with E-state index in [0.29, 0.717) is 47.3 Å². The molecule has 0 saturated carbocycles. The lowest BCUT2D eigenvalue weighted by atomic mass is 9.89. The molecule has 608 valence electrons. The van der Waals surface area contributed by atoms with Gasteiger partial charge in [-0.25, -0.2) is 0 Å². The zero-order valence-electron chi connectivity index (χ0n) is 70.6. The van der Waals surface area contributed by atoms with E-state index in [1.54, 1.807) is 7.11 Å². The van der Waals surface area contributed by atoms with Gasteiger partial charge in [-0.3, -0.25) is 0 Å². The summed E-state index contributed by atoms with van der Waals surface area (Å²) in [6.07, 6.45) is 2.83. The van der Waals surface area contributed by atoms with E-state index in [0.717, 1.165) is 140 Å². The molecule has 0 unspecified atom stereocenters. The summed E-state index contributed by atoms with van der Waals surface area (Å²) in [4.78, 5) is 11.8. The average Bonchev–Trinajstić information content (AvgIpc) is 1.68. The van der Waals surface area contributed by atoms with Crippen molar-refractivity contribution in [3.05, 3.63) is 167 Å². The molecule has 17 heteroatoms. The van der Waals surface area contributed by atoms with E-state index in [2.05, 4.69) is 181 Å². The fraction of sp³-hybridized carbons (Fsp3) is 0.479. The zero-order valence-corrected chi connectivity index (χ0v) is 74.4. The molecular formula is C96H122Cl5N5O7. The van der Waals surface area contributed by atoms with Gasteiger partial charge in [0.05, 0.1) is 13.7 Å². The third-order valence-corrected chi connectivity index (χ3v) is 25.8. The molecule has 5 aliphatic rings. The first-order valence-electron chi connectivity index (χ1n) is 40.5. The van der Waals surface area contributed by atoms with Gasteiger partial charge >= 0.3 is 0 Å². The third-order valence-electron chi connectivity index (χ3n) is 23.6. The van der Waals surface area contributed by atoms with Gasteiger partial charge in [-0.2, -0.15) is 0 Å². The number of aryl methyl sites for hydroxylation is 1. The largest absolute Gasteiger partial charge is 0.507 e. The molecule has 0 amide bonds. The van der Waals surface area contributed by atoms with Crippen LogP contribution in [0.5, 0.6) is 40.2 Å². The summed E-state index contributed by atoms with van der Waals surface area (Å²) in [5.74, 6) is 5.14. The van der Waals surface area contributed by atoms with Crippen LogP contribution in [0.4, 0.5) is 28.4 Å². The minimum absolute atomic E-state index is 0.00115. The number of hydrogen-bond donors (Lipinski definition) is 5. The Hall–Kier alpha value is -7.45. The number of benzene rings is 10. The van der Waals surface area contributed by atoms with Gasteiger partial charge in [-0.05, 0) is 206 Å². The lowest BCUT2D eigenvalue weighted by Gasteiger charge is -2.35. The van der Waals surface area contributed by atoms with Crippen LogP contribution in [0.1, 0.15) is 221 Å². The number of aromatic hydroxyl groups is 5. The third kappa shape index (κ3) is 17.0. The summed E-state index contributed by atoms with van der Waals surface area (Å²) in [6, 6.07) is 43.5. The molecule has 9 atom stereocenters. The molecule has 10 aromatic carbocycles. The van der Waals surface area contributed by atoms with Crippen molar-refractivity contribution in [1.29, 1.82) is 0 Å². The Labute approximate surface area is 697 Å². The van der Waals surface area contributed by atoms with Crippen molar-refractivity contribution < 1.29 is 35.0 Å². The van der Waals surface area contributed by atoms with Crippen molar-refractivity contribution in [1.82, 2.24) is 0 Å². The number of ether oxygens (including phenoxy) is 2. The molecule has 0 saturated heterocycles. The summed E-state index contributed by atoms with van der Waals surface area (Å²) in [5.41, 5.74) is 12.9. The molecule has 113 heavy (non-hydrogen) atoms. The Balaban J connectivity index is 0.000000140. The smallest absolute Gasteiger partial charge is 0.127 e. The predicted molar refractivity (Wildman–Crippen MR) is 486 cm³/mol. The average molecular weight is 1640 g/mol.